The third-order valence-corrected chi connectivity index (χ3v) is 2.89. The summed E-state index contributed by atoms with van der Waals surface area (Å²) >= 11 is 0. The predicted molar refractivity (Wildman–Crippen MR) is 68.5 cm³/mol. The lowest BCUT2D eigenvalue weighted by atomic mass is 10.1. The molecule has 0 aliphatic carbocycles. The number of rotatable bonds is 3. The fraction of sp³-hybridized carbons (Fsp3) is 0.636. The van der Waals surface area contributed by atoms with Gasteiger partial charge >= 0.3 is 0 Å². The van der Waals surface area contributed by atoms with Crippen LogP contribution in [0.4, 0.5) is 0 Å². The lowest BCUT2D eigenvalue weighted by Crippen LogP contribution is -2.42. The van der Waals surface area contributed by atoms with E-state index < -0.39 is 0 Å². The van der Waals surface area contributed by atoms with Gasteiger partial charge in [-0.2, -0.15) is 5.10 Å². The first-order valence-electron chi connectivity index (χ1n) is 5.83. The zero-order valence-electron chi connectivity index (χ0n) is 9.98. The summed E-state index contributed by atoms with van der Waals surface area (Å²) in [5, 5.41) is 10.4. The molecule has 1 aliphatic heterocycles. The van der Waals surface area contributed by atoms with Crippen LogP contribution in [0.3, 0.4) is 0 Å². The van der Waals surface area contributed by atoms with Gasteiger partial charge in [0.15, 0.2) is 0 Å². The summed E-state index contributed by atoms with van der Waals surface area (Å²) in [6, 6.07) is 0.304. The molecule has 2 N–H and O–H groups in total. The Balaban J connectivity index is 0.00000144. The SMILES string of the molecule is CCn1cc(C(=O)NC2CCNCC2)cn1.Cl. The monoisotopic (exact) mass is 258 g/mol. The van der Waals surface area contributed by atoms with Crippen molar-refractivity contribution < 1.29 is 4.79 Å². The van der Waals surface area contributed by atoms with Gasteiger partial charge in [-0.1, -0.05) is 0 Å². The van der Waals surface area contributed by atoms with Crippen LogP contribution < -0.4 is 10.6 Å². The minimum Gasteiger partial charge on any atom is -0.349 e. The van der Waals surface area contributed by atoms with Gasteiger partial charge in [-0.3, -0.25) is 9.48 Å². The predicted octanol–water partition coefficient (Wildman–Crippen LogP) is 0.807. The summed E-state index contributed by atoms with van der Waals surface area (Å²) in [6.07, 6.45) is 5.43. The Labute approximate surface area is 107 Å². The number of piperidine rings is 1. The maximum Gasteiger partial charge on any atom is 0.254 e. The van der Waals surface area contributed by atoms with Crippen molar-refractivity contribution in [3.63, 3.8) is 0 Å². The molecule has 1 aromatic rings. The van der Waals surface area contributed by atoms with Crippen LogP contribution >= 0.6 is 12.4 Å². The Morgan fingerprint density at radius 2 is 2.29 bits per heavy atom. The van der Waals surface area contributed by atoms with Crippen LogP contribution in [0.25, 0.3) is 0 Å². The fourth-order valence-electron chi connectivity index (χ4n) is 1.89. The second kappa shape index (κ2) is 6.61. The summed E-state index contributed by atoms with van der Waals surface area (Å²) in [5.74, 6) is -0.00778. The molecule has 1 saturated heterocycles. The van der Waals surface area contributed by atoms with Crippen LogP contribution in [-0.2, 0) is 6.54 Å². The van der Waals surface area contributed by atoms with Crippen LogP contribution in [0, 0.1) is 0 Å². The van der Waals surface area contributed by atoms with E-state index in [0.29, 0.717) is 11.6 Å². The molecule has 1 aliphatic rings. The summed E-state index contributed by atoms with van der Waals surface area (Å²) in [5.41, 5.74) is 0.653. The van der Waals surface area contributed by atoms with Gasteiger partial charge in [-0.15, -0.1) is 12.4 Å². The molecule has 0 unspecified atom stereocenters. The number of nitrogens with zero attached hydrogens (tertiary/aromatic N) is 2. The van der Waals surface area contributed by atoms with Crippen molar-refractivity contribution in [3.05, 3.63) is 18.0 Å². The van der Waals surface area contributed by atoms with Crippen LogP contribution in [0.15, 0.2) is 12.4 Å². The zero-order chi connectivity index (χ0) is 11.4. The topological polar surface area (TPSA) is 59.0 Å². The summed E-state index contributed by atoms with van der Waals surface area (Å²) < 4.78 is 1.76. The molecule has 0 bridgehead atoms. The molecule has 6 heteroatoms. The van der Waals surface area contributed by atoms with Crippen molar-refractivity contribution in [1.82, 2.24) is 20.4 Å². The normalized spacial score (nSPS) is 16.3. The lowest BCUT2D eigenvalue weighted by molar-refractivity contribution is 0.0929. The van der Waals surface area contributed by atoms with Gasteiger partial charge in [0.25, 0.3) is 5.91 Å². The molecule has 17 heavy (non-hydrogen) atoms. The van der Waals surface area contributed by atoms with Crippen LogP contribution in [0.2, 0.25) is 0 Å². The van der Waals surface area contributed by atoms with Crippen molar-refractivity contribution in [2.24, 2.45) is 0 Å². The first-order valence-corrected chi connectivity index (χ1v) is 5.83. The number of hydrogen-bond donors (Lipinski definition) is 2. The van der Waals surface area contributed by atoms with E-state index >= 15 is 0 Å². The van der Waals surface area contributed by atoms with Crippen molar-refractivity contribution in [3.8, 4) is 0 Å². The number of nitrogens with one attached hydrogen (secondary N) is 2. The standard InChI is InChI=1S/C11H18N4O.ClH/c1-2-15-8-9(7-13-15)11(16)14-10-3-5-12-6-4-10;/h7-8,10,12H,2-6H2,1H3,(H,14,16);1H. The van der Waals surface area contributed by atoms with Gasteiger partial charge in [-0.25, -0.2) is 0 Å². The fourth-order valence-corrected chi connectivity index (χ4v) is 1.89. The molecule has 2 heterocycles. The number of amides is 1. The van der Waals surface area contributed by atoms with Gasteiger partial charge in [0.1, 0.15) is 0 Å². The second-order valence-corrected chi connectivity index (χ2v) is 4.08. The van der Waals surface area contributed by atoms with Gasteiger partial charge in [0, 0.05) is 18.8 Å². The zero-order valence-corrected chi connectivity index (χ0v) is 10.8. The van der Waals surface area contributed by atoms with Gasteiger partial charge in [-0.05, 0) is 32.9 Å². The van der Waals surface area contributed by atoms with Crippen LogP contribution in [0.5, 0.6) is 0 Å². The highest BCUT2D eigenvalue weighted by molar-refractivity contribution is 5.93. The van der Waals surface area contributed by atoms with Gasteiger partial charge in [0.05, 0.1) is 11.8 Å². The molecule has 1 amide bonds. The van der Waals surface area contributed by atoms with Crippen LogP contribution in [0.1, 0.15) is 30.1 Å². The Bertz CT molecular complexity index is 360. The molecule has 2 rings (SSSR count). The molecule has 96 valence electrons. The van der Waals surface area contributed by atoms with E-state index in [-0.39, 0.29) is 18.3 Å². The van der Waals surface area contributed by atoms with Crippen molar-refractivity contribution in [2.75, 3.05) is 13.1 Å². The Morgan fingerprint density at radius 3 is 2.88 bits per heavy atom. The first kappa shape index (κ1) is 14.0. The minimum absolute atomic E-state index is 0. The molecular weight excluding hydrogens is 240 g/mol. The average molecular weight is 259 g/mol. The average Bonchev–Trinajstić information content (AvgIpc) is 2.79. The molecule has 0 spiro atoms. The Hall–Kier alpha value is -1.07. The number of aromatic nitrogens is 2. The van der Waals surface area contributed by atoms with E-state index in [1.54, 1.807) is 17.1 Å². The molecule has 0 saturated carbocycles. The third kappa shape index (κ3) is 3.71. The lowest BCUT2D eigenvalue weighted by Gasteiger charge is -2.23. The number of hydrogen-bond acceptors (Lipinski definition) is 3. The summed E-state index contributed by atoms with van der Waals surface area (Å²) in [7, 11) is 0. The number of carbonyl (C=O) groups is 1. The minimum atomic E-state index is -0.00778. The van der Waals surface area contributed by atoms with Crippen LogP contribution in [-0.4, -0.2) is 34.8 Å². The molecule has 0 aromatic carbocycles. The van der Waals surface area contributed by atoms with Crippen molar-refractivity contribution >= 4 is 18.3 Å². The van der Waals surface area contributed by atoms with E-state index in [2.05, 4.69) is 15.7 Å². The molecule has 1 fully saturated rings. The Kier molecular flexibility index (Phi) is 5.44. The van der Waals surface area contributed by atoms with E-state index in [4.69, 9.17) is 0 Å². The Morgan fingerprint density at radius 1 is 1.59 bits per heavy atom. The highest BCUT2D eigenvalue weighted by Gasteiger charge is 2.16. The largest absolute Gasteiger partial charge is 0.349 e. The molecule has 1 aromatic heterocycles. The molecule has 0 radical (unpaired) electrons. The van der Waals surface area contributed by atoms with Crippen molar-refractivity contribution in [2.45, 2.75) is 32.4 Å². The molecule has 5 nitrogen and oxygen atoms in total. The second-order valence-electron chi connectivity index (χ2n) is 4.08. The van der Waals surface area contributed by atoms with E-state index in [1.807, 2.05) is 6.92 Å². The summed E-state index contributed by atoms with van der Waals surface area (Å²) in [4.78, 5) is 11.9. The third-order valence-electron chi connectivity index (χ3n) is 2.89. The highest BCUT2D eigenvalue weighted by Crippen LogP contribution is 2.04. The quantitative estimate of drug-likeness (QED) is 0.844. The van der Waals surface area contributed by atoms with Gasteiger partial charge in [0.2, 0.25) is 0 Å². The maximum absolute atomic E-state index is 11.9. The van der Waals surface area contributed by atoms with E-state index in [1.165, 1.54) is 0 Å². The highest BCUT2D eigenvalue weighted by atomic mass is 35.5. The maximum atomic E-state index is 11.9. The van der Waals surface area contributed by atoms with E-state index in [9.17, 15) is 4.79 Å². The van der Waals surface area contributed by atoms with Crippen molar-refractivity contribution in [1.29, 1.82) is 0 Å². The number of aryl methyl sites for hydroxylation is 1. The van der Waals surface area contributed by atoms with Gasteiger partial charge < -0.3 is 10.6 Å². The first-order chi connectivity index (χ1) is 7.79. The number of halogens is 1. The molecule has 0 atom stereocenters. The molecular formula is C11H19ClN4O. The van der Waals surface area contributed by atoms with E-state index in [0.717, 1.165) is 32.5 Å². The smallest absolute Gasteiger partial charge is 0.254 e. The summed E-state index contributed by atoms with van der Waals surface area (Å²) in [6.45, 7) is 4.76. The number of carbonyl (C=O) groups excluding carboxylic acids is 1.